The lowest BCUT2D eigenvalue weighted by atomic mass is 10.1. The Balaban J connectivity index is 0.000000390. The first-order chi connectivity index (χ1) is 15.3. The zero-order valence-corrected chi connectivity index (χ0v) is 21.0. The molecule has 3 nitrogen and oxygen atoms in total. The lowest BCUT2D eigenvalue weighted by molar-refractivity contribution is 0.393. The fourth-order valence-electron chi connectivity index (χ4n) is 3.59. The summed E-state index contributed by atoms with van der Waals surface area (Å²) in [6.45, 7) is 10.7. The maximum absolute atomic E-state index is 13.7. The molecule has 0 spiro atoms. The maximum atomic E-state index is 13.7. The van der Waals surface area contributed by atoms with Crippen molar-refractivity contribution in [3.05, 3.63) is 59.3 Å². The normalized spacial score (nSPS) is 11.0. The molecular weight excluding hydrogens is 426 g/mol. The van der Waals surface area contributed by atoms with Crippen molar-refractivity contribution in [2.75, 3.05) is 20.6 Å². The monoisotopic (exact) mass is 462 g/mol. The van der Waals surface area contributed by atoms with Gasteiger partial charge >= 0.3 is 0 Å². The van der Waals surface area contributed by atoms with Gasteiger partial charge in [-0.3, -0.25) is 0 Å². The number of rotatable bonds is 9. The first kappa shape index (κ1) is 26.2. The van der Waals surface area contributed by atoms with E-state index in [1.165, 1.54) is 49.5 Å². The van der Waals surface area contributed by atoms with Gasteiger partial charge in [0.15, 0.2) is 0 Å². The largest absolute Gasteiger partial charge is 0.420 e. The number of benzene rings is 2. The summed E-state index contributed by atoms with van der Waals surface area (Å²) in [6.07, 6.45) is 7.24. The van der Waals surface area contributed by atoms with Crippen LogP contribution in [-0.2, 0) is 6.54 Å². The molecule has 176 valence electrons. The van der Waals surface area contributed by atoms with Crippen molar-refractivity contribution in [2.45, 2.75) is 64.8 Å². The first-order valence-corrected chi connectivity index (χ1v) is 12.1. The lowest BCUT2D eigenvalue weighted by Gasteiger charge is -2.10. The SMILES string of the molecule is CCCCCN(C)C.CCCn1cc(C)c2cc(OSc3c(F)cccc3F)cc(C)c21. The summed E-state index contributed by atoms with van der Waals surface area (Å²) >= 11 is 0.710. The van der Waals surface area contributed by atoms with Crippen LogP contribution in [-0.4, -0.2) is 30.1 Å². The van der Waals surface area contributed by atoms with Gasteiger partial charge in [0.25, 0.3) is 0 Å². The highest BCUT2D eigenvalue weighted by Crippen LogP contribution is 2.33. The standard InChI is InChI=1S/C19H19F2NOS.C7H17N/c1-4-8-22-11-13(3)15-10-14(9-12(2)18(15)22)23-24-19-16(20)6-5-7-17(19)21;1-4-5-6-7-8(2)3/h5-7,9-11H,4,8H2,1-3H3;4-7H2,1-3H3. The second kappa shape index (κ2) is 12.9. The van der Waals surface area contributed by atoms with Gasteiger partial charge in [-0.1, -0.05) is 32.8 Å². The highest BCUT2D eigenvalue weighted by atomic mass is 32.2. The molecule has 0 amide bonds. The van der Waals surface area contributed by atoms with Crippen molar-refractivity contribution in [2.24, 2.45) is 0 Å². The molecule has 0 aliphatic heterocycles. The van der Waals surface area contributed by atoms with Crippen LogP contribution >= 0.6 is 12.0 Å². The van der Waals surface area contributed by atoms with E-state index in [4.69, 9.17) is 4.18 Å². The van der Waals surface area contributed by atoms with E-state index >= 15 is 0 Å². The van der Waals surface area contributed by atoms with Gasteiger partial charge in [-0.05, 0) is 82.7 Å². The van der Waals surface area contributed by atoms with E-state index < -0.39 is 11.6 Å². The number of fused-ring (bicyclic) bond motifs is 1. The summed E-state index contributed by atoms with van der Waals surface area (Å²) < 4.78 is 35.2. The van der Waals surface area contributed by atoms with Crippen LogP contribution in [0, 0.1) is 25.5 Å². The van der Waals surface area contributed by atoms with Gasteiger partial charge in [0.05, 0.1) is 17.6 Å². The number of unbranched alkanes of at least 4 members (excludes halogenated alkanes) is 2. The molecular formula is C26H36F2N2OS. The van der Waals surface area contributed by atoms with E-state index in [9.17, 15) is 8.78 Å². The van der Waals surface area contributed by atoms with E-state index in [1.54, 1.807) is 0 Å². The van der Waals surface area contributed by atoms with Gasteiger partial charge in [0, 0.05) is 18.1 Å². The van der Waals surface area contributed by atoms with Crippen LogP contribution in [0.3, 0.4) is 0 Å². The third-order valence-corrected chi connectivity index (χ3v) is 5.98. The number of nitrogens with zero attached hydrogens (tertiary/aromatic N) is 2. The van der Waals surface area contributed by atoms with Crippen LogP contribution in [0.4, 0.5) is 8.78 Å². The van der Waals surface area contributed by atoms with Crippen molar-refractivity contribution in [3.63, 3.8) is 0 Å². The van der Waals surface area contributed by atoms with E-state index in [1.807, 2.05) is 19.1 Å². The van der Waals surface area contributed by atoms with Crippen LogP contribution in [0.2, 0.25) is 0 Å². The van der Waals surface area contributed by atoms with Gasteiger partial charge in [0.2, 0.25) is 0 Å². The van der Waals surface area contributed by atoms with Gasteiger partial charge in [0.1, 0.15) is 22.3 Å². The van der Waals surface area contributed by atoms with E-state index in [2.05, 4.69) is 50.5 Å². The fraction of sp³-hybridized carbons (Fsp3) is 0.462. The summed E-state index contributed by atoms with van der Waals surface area (Å²) in [7, 11) is 4.24. The van der Waals surface area contributed by atoms with Crippen molar-refractivity contribution < 1.29 is 13.0 Å². The fourth-order valence-corrected chi connectivity index (χ4v) is 4.16. The van der Waals surface area contributed by atoms with Crippen molar-refractivity contribution in [3.8, 4) is 5.75 Å². The average Bonchev–Trinajstić information content (AvgIpc) is 3.04. The van der Waals surface area contributed by atoms with Gasteiger partial charge in [-0.15, -0.1) is 0 Å². The minimum absolute atomic E-state index is 0.129. The van der Waals surface area contributed by atoms with Crippen molar-refractivity contribution in [1.82, 2.24) is 9.47 Å². The Morgan fingerprint density at radius 1 is 0.969 bits per heavy atom. The Bertz CT molecular complexity index is 981. The van der Waals surface area contributed by atoms with E-state index in [-0.39, 0.29) is 4.90 Å². The molecule has 0 saturated heterocycles. The average molecular weight is 463 g/mol. The summed E-state index contributed by atoms with van der Waals surface area (Å²) in [5.74, 6) is -0.656. The topological polar surface area (TPSA) is 17.4 Å². The minimum Gasteiger partial charge on any atom is -0.420 e. The van der Waals surface area contributed by atoms with Crippen LogP contribution in [0.5, 0.6) is 5.75 Å². The van der Waals surface area contributed by atoms with Crippen molar-refractivity contribution in [1.29, 1.82) is 0 Å². The third-order valence-electron chi connectivity index (χ3n) is 5.15. The molecule has 32 heavy (non-hydrogen) atoms. The molecule has 6 heteroatoms. The molecule has 0 N–H and O–H groups in total. The molecule has 0 atom stereocenters. The Hall–Kier alpha value is -2.05. The Morgan fingerprint density at radius 2 is 1.66 bits per heavy atom. The molecule has 0 unspecified atom stereocenters. The van der Waals surface area contributed by atoms with Gasteiger partial charge in [-0.25, -0.2) is 8.78 Å². The number of aromatic nitrogens is 1. The summed E-state index contributed by atoms with van der Waals surface area (Å²) in [5.41, 5.74) is 3.43. The molecule has 3 rings (SSSR count). The second-order valence-electron chi connectivity index (χ2n) is 8.37. The molecule has 0 radical (unpaired) electrons. The smallest absolute Gasteiger partial charge is 0.143 e. The van der Waals surface area contributed by atoms with Crippen LogP contribution < -0.4 is 4.18 Å². The Morgan fingerprint density at radius 3 is 2.25 bits per heavy atom. The minimum atomic E-state index is -0.622. The Labute approximate surface area is 196 Å². The van der Waals surface area contributed by atoms with Crippen LogP contribution in [0.15, 0.2) is 41.4 Å². The molecule has 0 aliphatic rings. The molecule has 1 heterocycles. The van der Waals surface area contributed by atoms with Gasteiger partial charge < -0.3 is 13.7 Å². The van der Waals surface area contributed by atoms with Crippen molar-refractivity contribution >= 4 is 22.9 Å². The number of hydrogen-bond acceptors (Lipinski definition) is 3. The zero-order chi connectivity index (χ0) is 23.7. The number of halogens is 2. The molecule has 1 aromatic heterocycles. The molecule has 0 bridgehead atoms. The summed E-state index contributed by atoms with van der Waals surface area (Å²) in [4.78, 5) is 2.10. The lowest BCUT2D eigenvalue weighted by Crippen LogP contribution is -2.12. The van der Waals surface area contributed by atoms with Gasteiger partial charge in [-0.2, -0.15) is 0 Å². The molecule has 3 aromatic rings. The number of hydrogen-bond donors (Lipinski definition) is 0. The zero-order valence-electron chi connectivity index (χ0n) is 20.2. The summed E-state index contributed by atoms with van der Waals surface area (Å²) in [5, 5.41) is 1.10. The highest BCUT2D eigenvalue weighted by molar-refractivity contribution is 7.95. The third kappa shape index (κ3) is 7.24. The molecule has 0 saturated carbocycles. The quantitative estimate of drug-likeness (QED) is 0.239. The Kier molecular flexibility index (Phi) is 10.5. The highest BCUT2D eigenvalue weighted by Gasteiger charge is 2.14. The molecule has 0 fully saturated rings. The molecule has 2 aromatic carbocycles. The van der Waals surface area contributed by atoms with Crippen LogP contribution in [0.1, 0.15) is 50.7 Å². The van der Waals surface area contributed by atoms with Crippen LogP contribution in [0.25, 0.3) is 10.9 Å². The molecule has 0 aliphatic carbocycles. The first-order valence-electron chi connectivity index (χ1n) is 11.3. The predicted molar refractivity (Wildman–Crippen MR) is 133 cm³/mol. The van der Waals surface area contributed by atoms with E-state index in [0.717, 1.165) is 29.5 Å². The van der Waals surface area contributed by atoms with E-state index in [0.29, 0.717) is 17.8 Å². The summed E-state index contributed by atoms with van der Waals surface area (Å²) in [6, 6.07) is 7.61. The predicted octanol–water partition coefficient (Wildman–Crippen LogP) is 7.77. The maximum Gasteiger partial charge on any atom is 0.143 e. The second-order valence-corrected chi connectivity index (χ2v) is 9.11. The number of aryl methyl sites for hydroxylation is 3.